The van der Waals surface area contributed by atoms with E-state index in [1.807, 2.05) is 0 Å². The van der Waals surface area contributed by atoms with E-state index in [1.54, 1.807) is 0 Å². The van der Waals surface area contributed by atoms with E-state index in [2.05, 4.69) is 28.5 Å². The van der Waals surface area contributed by atoms with Gasteiger partial charge < -0.3 is 4.52 Å². The molecule has 0 radical (unpaired) electrons. The van der Waals surface area contributed by atoms with E-state index < -0.39 is 0 Å². The van der Waals surface area contributed by atoms with Crippen LogP contribution in [0.4, 0.5) is 0 Å². The summed E-state index contributed by atoms with van der Waals surface area (Å²) in [6.45, 7) is 4.11. The highest BCUT2D eigenvalue weighted by Gasteiger charge is 2.05. The largest absolute Gasteiger partial charge is 0.331 e. The number of nitrogens with zero attached hydrogens (tertiary/aromatic N) is 2. The molecule has 0 aliphatic rings. The molecular formula is C7H10N2O2. The lowest BCUT2D eigenvalue weighted by atomic mass is 10.1. The molecule has 0 saturated heterocycles. The van der Waals surface area contributed by atoms with Crippen molar-refractivity contribution in [3.63, 3.8) is 0 Å². The van der Waals surface area contributed by atoms with Gasteiger partial charge in [-0.05, 0) is 5.92 Å². The molecule has 1 rings (SSSR count). The second-order valence-corrected chi connectivity index (χ2v) is 2.76. The van der Waals surface area contributed by atoms with E-state index in [0.29, 0.717) is 18.0 Å². The van der Waals surface area contributed by atoms with Crippen molar-refractivity contribution in [2.45, 2.75) is 20.3 Å². The van der Waals surface area contributed by atoms with Crippen molar-refractivity contribution in [2.75, 3.05) is 0 Å². The van der Waals surface area contributed by atoms with Crippen LogP contribution in [0.25, 0.3) is 0 Å². The smallest absolute Gasteiger partial charge is 0.290 e. The van der Waals surface area contributed by atoms with Crippen molar-refractivity contribution in [3.05, 3.63) is 11.7 Å². The van der Waals surface area contributed by atoms with Gasteiger partial charge in [-0.1, -0.05) is 19.0 Å². The molecule has 11 heavy (non-hydrogen) atoms. The average molecular weight is 154 g/mol. The molecule has 0 aromatic carbocycles. The van der Waals surface area contributed by atoms with Gasteiger partial charge in [-0.2, -0.15) is 4.98 Å². The lowest BCUT2D eigenvalue weighted by Crippen LogP contribution is -1.95. The minimum absolute atomic E-state index is 0.0562. The predicted octanol–water partition coefficient (Wildman–Crippen LogP) is 1.08. The van der Waals surface area contributed by atoms with Crippen molar-refractivity contribution < 1.29 is 9.32 Å². The van der Waals surface area contributed by atoms with E-state index in [4.69, 9.17) is 0 Å². The molecular weight excluding hydrogens is 144 g/mol. The highest BCUT2D eigenvalue weighted by Crippen LogP contribution is 2.02. The molecule has 0 bridgehead atoms. The molecule has 60 valence electrons. The Morgan fingerprint density at radius 2 is 2.36 bits per heavy atom. The Balaban J connectivity index is 2.65. The first kappa shape index (κ1) is 7.91. The molecule has 0 amide bonds. The molecule has 1 heterocycles. The lowest BCUT2D eigenvalue weighted by Gasteiger charge is -1.95. The quantitative estimate of drug-likeness (QED) is 0.611. The lowest BCUT2D eigenvalue weighted by molar-refractivity contribution is 0.108. The number of aromatic nitrogens is 2. The van der Waals surface area contributed by atoms with Crippen LogP contribution in [-0.4, -0.2) is 16.4 Å². The summed E-state index contributed by atoms with van der Waals surface area (Å²) in [7, 11) is 0. The number of hydrogen-bond acceptors (Lipinski definition) is 4. The molecule has 0 atom stereocenters. The molecule has 4 nitrogen and oxygen atoms in total. The first-order chi connectivity index (χ1) is 5.22. The summed E-state index contributed by atoms with van der Waals surface area (Å²) < 4.78 is 4.59. The highest BCUT2D eigenvalue weighted by atomic mass is 16.5. The Kier molecular flexibility index (Phi) is 2.36. The summed E-state index contributed by atoms with van der Waals surface area (Å²) in [6, 6.07) is 0. The van der Waals surface area contributed by atoms with Gasteiger partial charge in [0.25, 0.3) is 5.89 Å². The van der Waals surface area contributed by atoms with Crippen molar-refractivity contribution in [1.29, 1.82) is 0 Å². The summed E-state index contributed by atoms with van der Waals surface area (Å²) in [4.78, 5) is 13.9. The number of carbonyl (C=O) groups excluding carboxylic acids is 1. The zero-order chi connectivity index (χ0) is 8.27. The summed E-state index contributed by atoms with van der Waals surface area (Å²) in [5, 5.41) is 3.61. The topological polar surface area (TPSA) is 56.0 Å². The Bertz CT molecular complexity index is 242. The summed E-state index contributed by atoms with van der Waals surface area (Å²) >= 11 is 0. The molecule has 0 N–H and O–H groups in total. The monoisotopic (exact) mass is 154 g/mol. The van der Waals surface area contributed by atoms with Crippen LogP contribution in [0.15, 0.2) is 4.52 Å². The van der Waals surface area contributed by atoms with Crippen LogP contribution in [-0.2, 0) is 6.42 Å². The molecule has 0 spiro atoms. The minimum Gasteiger partial charge on any atom is -0.331 e. The van der Waals surface area contributed by atoms with Gasteiger partial charge >= 0.3 is 0 Å². The van der Waals surface area contributed by atoms with Gasteiger partial charge in [0.15, 0.2) is 5.82 Å². The normalized spacial score (nSPS) is 10.5. The van der Waals surface area contributed by atoms with E-state index in [-0.39, 0.29) is 5.89 Å². The molecule has 0 aliphatic heterocycles. The van der Waals surface area contributed by atoms with Crippen LogP contribution in [0.1, 0.15) is 30.4 Å². The Hall–Kier alpha value is -1.19. The van der Waals surface area contributed by atoms with Crippen LogP contribution in [0.5, 0.6) is 0 Å². The number of aldehydes is 1. The van der Waals surface area contributed by atoms with E-state index >= 15 is 0 Å². The zero-order valence-corrected chi connectivity index (χ0v) is 6.57. The molecule has 0 saturated carbocycles. The van der Waals surface area contributed by atoms with Gasteiger partial charge in [0, 0.05) is 6.42 Å². The Labute approximate surface area is 64.6 Å². The van der Waals surface area contributed by atoms with Crippen molar-refractivity contribution >= 4 is 6.29 Å². The van der Waals surface area contributed by atoms with Crippen LogP contribution >= 0.6 is 0 Å². The van der Waals surface area contributed by atoms with Crippen molar-refractivity contribution in [1.82, 2.24) is 10.1 Å². The zero-order valence-electron chi connectivity index (χ0n) is 6.57. The van der Waals surface area contributed by atoms with Gasteiger partial charge in [-0.3, -0.25) is 4.79 Å². The Morgan fingerprint density at radius 1 is 1.64 bits per heavy atom. The van der Waals surface area contributed by atoms with Crippen molar-refractivity contribution in [2.24, 2.45) is 5.92 Å². The molecule has 1 aromatic heterocycles. The molecule has 0 unspecified atom stereocenters. The van der Waals surface area contributed by atoms with Crippen LogP contribution < -0.4 is 0 Å². The van der Waals surface area contributed by atoms with Gasteiger partial charge in [-0.25, -0.2) is 0 Å². The van der Waals surface area contributed by atoms with Crippen LogP contribution in [0.2, 0.25) is 0 Å². The van der Waals surface area contributed by atoms with Gasteiger partial charge in [-0.15, -0.1) is 0 Å². The molecule has 0 fully saturated rings. The molecule has 1 aromatic rings. The third-order valence-electron chi connectivity index (χ3n) is 1.18. The van der Waals surface area contributed by atoms with Gasteiger partial charge in [0.1, 0.15) is 0 Å². The second kappa shape index (κ2) is 3.27. The first-order valence-corrected chi connectivity index (χ1v) is 3.50. The summed E-state index contributed by atoms with van der Waals surface area (Å²) in [6.07, 6.45) is 1.30. The maximum Gasteiger partial charge on any atom is 0.290 e. The fourth-order valence-corrected chi connectivity index (χ4v) is 0.763. The molecule has 4 heteroatoms. The van der Waals surface area contributed by atoms with E-state index in [9.17, 15) is 4.79 Å². The predicted molar refractivity (Wildman–Crippen MR) is 38.2 cm³/mol. The highest BCUT2D eigenvalue weighted by molar-refractivity contribution is 5.66. The SMILES string of the molecule is CC(C)Cc1noc(C=O)n1. The summed E-state index contributed by atoms with van der Waals surface area (Å²) in [5.74, 6) is 1.13. The summed E-state index contributed by atoms with van der Waals surface area (Å²) in [5.41, 5.74) is 0. The third kappa shape index (κ3) is 2.14. The maximum atomic E-state index is 10.1. The van der Waals surface area contributed by atoms with Gasteiger partial charge in [0.05, 0.1) is 0 Å². The van der Waals surface area contributed by atoms with Crippen molar-refractivity contribution in [3.8, 4) is 0 Å². The molecule has 0 aliphatic carbocycles. The minimum atomic E-state index is 0.0562. The number of carbonyl (C=O) groups is 1. The number of hydrogen-bond donors (Lipinski definition) is 0. The van der Waals surface area contributed by atoms with E-state index in [0.717, 1.165) is 6.42 Å². The second-order valence-electron chi connectivity index (χ2n) is 2.76. The van der Waals surface area contributed by atoms with E-state index in [1.165, 1.54) is 0 Å². The average Bonchev–Trinajstić information content (AvgIpc) is 2.34. The van der Waals surface area contributed by atoms with Crippen LogP contribution in [0.3, 0.4) is 0 Å². The Morgan fingerprint density at radius 3 is 2.82 bits per heavy atom. The first-order valence-electron chi connectivity index (χ1n) is 3.50. The van der Waals surface area contributed by atoms with Gasteiger partial charge in [0.2, 0.25) is 6.29 Å². The third-order valence-corrected chi connectivity index (χ3v) is 1.18. The standard InChI is InChI=1S/C7H10N2O2/c1-5(2)3-6-8-7(4-10)11-9-6/h4-5H,3H2,1-2H3. The van der Waals surface area contributed by atoms with Crippen LogP contribution in [0, 0.1) is 5.92 Å². The number of rotatable bonds is 3. The fourth-order valence-electron chi connectivity index (χ4n) is 0.763. The maximum absolute atomic E-state index is 10.1. The fraction of sp³-hybridized carbons (Fsp3) is 0.571.